The molecule has 9 nitrogen and oxygen atoms in total. The van der Waals surface area contributed by atoms with Crippen molar-refractivity contribution in [2.75, 3.05) is 46.7 Å². The molecule has 1 aliphatic rings. The Labute approximate surface area is 289 Å². The van der Waals surface area contributed by atoms with Crippen LogP contribution in [0.2, 0.25) is 0 Å². The molecule has 2 unspecified atom stereocenters. The predicted molar refractivity (Wildman–Crippen MR) is 194 cm³/mol. The van der Waals surface area contributed by atoms with Crippen molar-refractivity contribution in [3.05, 3.63) is 70.8 Å². The zero-order valence-electron chi connectivity index (χ0n) is 29.6. The summed E-state index contributed by atoms with van der Waals surface area (Å²) in [6, 6.07) is 16.1. The summed E-state index contributed by atoms with van der Waals surface area (Å²) in [4.78, 5) is 27.3. The number of hydrogen-bond donors (Lipinski definition) is 1. The molecule has 0 saturated heterocycles. The highest BCUT2D eigenvalue weighted by molar-refractivity contribution is 8.77. The fraction of sp³-hybridized carbons (Fsp3) is 0.556. The topological polar surface area (TPSA) is 102 Å². The molecular weight excluding hydrogens is 633 g/mol. The van der Waals surface area contributed by atoms with Crippen molar-refractivity contribution in [3.8, 4) is 0 Å². The number of alkyl carbamates (subject to hydrolysis) is 1. The van der Waals surface area contributed by atoms with E-state index >= 15 is 0 Å². The number of azo groups is 1. The maximum absolute atomic E-state index is 13.3. The van der Waals surface area contributed by atoms with Gasteiger partial charge in [0, 0.05) is 48.1 Å². The minimum absolute atomic E-state index is 0.185. The summed E-state index contributed by atoms with van der Waals surface area (Å²) in [5.74, 6) is 0.510. The number of hydrogen-bond acceptors (Lipinski definition) is 10. The van der Waals surface area contributed by atoms with Gasteiger partial charge in [0.1, 0.15) is 18.4 Å². The minimum atomic E-state index is -0.615. The summed E-state index contributed by atoms with van der Waals surface area (Å²) in [6.07, 6.45) is 0.117. The van der Waals surface area contributed by atoms with Crippen molar-refractivity contribution in [3.63, 3.8) is 0 Å². The summed E-state index contributed by atoms with van der Waals surface area (Å²) in [5.41, 5.74) is 4.64. The lowest BCUT2D eigenvalue weighted by molar-refractivity contribution is -0.152. The van der Waals surface area contributed by atoms with E-state index in [9.17, 15) is 9.59 Å². The molecule has 2 aromatic rings. The fourth-order valence-corrected chi connectivity index (χ4v) is 7.17. The Morgan fingerprint density at radius 1 is 1.00 bits per heavy atom. The van der Waals surface area contributed by atoms with Gasteiger partial charge in [0.2, 0.25) is 0 Å². The van der Waals surface area contributed by atoms with Crippen molar-refractivity contribution < 1.29 is 23.8 Å². The summed E-state index contributed by atoms with van der Waals surface area (Å²) >= 11 is 0. The number of nitrogens with zero attached hydrogens (tertiary/aromatic N) is 3. The molecule has 47 heavy (non-hydrogen) atoms. The van der Waals surface area contributed by atoms with Crippen molar-refractivity contribution in [1.82, 2.24) is 10.2 Å². The molecule has 0 saturated carbocycles. The molecule has 2 atom stereocenters. The van der Waals surface area contributed by atoms with Crippen LogP contribution in [-0.2, 0) is 25.4 Å². The average Bonchev–Trinajstić information content (AvgIpc) is 3.01. The van der Waals surface area contributed by atoms with E-state index in [0.29, 0.717) is 38.4 Å². The van der Waals surface area contributed by atoms with Crippen LogP contribution in [0.4, 0.5) is 4.79 Å². The first-order valence-corrected chi connectivity index (χ1v) is 18.3. The van der Waals surface area contributed by atoms with Crippen molar-refractivity contribution in [1.29, 1.82) is 0 Å². The lowest BCUT2D eigenvalue weighted by Gasteiger charge is -2.39. The monoisotopic (exact) mass is 684 g/mol. The third-order valence-electron chi connectivity index (χ3n) is 8.03. The van der Waals surface area contributed by atoms with Crippen LogP contribution >= 0.6 is 21.6 Å². The Morgan fingerprint density at radius 3 is 2.32 bits per heavy atom. The second-order valence-corrected chi connectivity index (χ2v) is 16.8. The number of esters is 1. The molecule has 0 radical (unpaired) electrons. The number of ether oxygens (including phenoxy) is 3. The molecule has 258 valence electrons. The fourth-order valence-electron chi connectivity index (χ4n) is 4.95. The average molecular weight is 685 g/mol. The Bertz CT molecular complexity index is 1440. The van der Waals surface area contributed by atoms with E-state index in [1.165, 1.54) is 0 Å². The molecule has 0 spiro atoms. The summed E-state index contributed by atoms with van der Waals surface area (Å²) in [6.45, 7) is 15.1. The van der Waals surface area contributed by atoms with Crippen LogP contribution in [0, 0.1) is 5.41 Å². The van der Waals surface area contributed by atoms with Gasteiger partial charge in [-0.3, -0.25) is 9.69 Å². The Hall–Kier alpha value is -2.86. The normalized spacial score (nSPS) is 18.1. The molecule has 1 amide bonds. The zero-order chi connectivity index (χ0) is 34.8. The number of allylic oxidation sites excluding steroid dienone is 1. The third kappa shape index (κ3) is 11.1. The predicted octanol–water partition coefficient (Wildman–Crippen LogP) is 8.41. The quantitative estimate of drug-likeness (QED) is 0.0696. The Morgan fingerprint density at radius 2 is 1.66 bits per heavy atom. The van der Waals surface area contributed by atoms with Gasteiger partial charge in [-0.15, -0.1) is 0 Å². The Kier molecular flexibility index (Phi) is 14.0. The third-order valence-corrected chi connectivity index (χ3v) is 11.3. The second-order valence-electron chi connectivity index (χ2n) is 13.7. The number of benzene rings is 2. The number of rotatable bonds is 14. The molecular formula is C36H52N4O5S2. The van der Waals surface area contributed by atoms with Crippen LogP contribution < -0.4 is 5.32 Å². The first-order chi connectivity index (χ1) is 22.1. The van der Waals surface area contributed by atoms with Crippen molar-refractivity contribution >= 4 is 44.9 Å². The van der Waals surface area contributed by atoms with Gasteiger partial charge in [-0.1, -0.05) is 70.1 Å². The second kappa shape index (κ2) is 17.0. The molecule has 0 bridgehead atoms. The van der Waals surface area contributed by atoms with Gasteiger partial charge in [0.05, 0.1) is 17.7 Å². The highest BCUT2D eigenvalue weighted by atomic mass is 33.1. The van der Waals surface area contributed by atoms with Gasteiger partial charge in [0.25, 0.3) is 0 Å². The lowest BCUT2D eigenvalue weighted by atomic mass is 9.86. The number of nitrogens with one attached hydrogen (secondary N) is 1. The van der Waals surface area contributed by atoms with Gasteiger partial charge in [-0.05, 0) is 79.3 Å². The first-order valence-electron chi connectivity index (χ1n) is 16.0. The highest BCUT2D eigenvalue weighted by Gasteiger charge is 2.32. The van der Waals surface area contributed by atoms with E-state index in [4.69, 9.17) is 14.2 Å². The van der Waals surface area contributed by atoms with E-state index in [-0.39, 0.29) is 10.7 Å². The molecule has 3 rings (SSSR count). The number of amides is 1. The SMILES string of the molecule is CN=N/C1=C(\C)c2ccccc2C(OC(=O)NCCC(C)(OCC(C)(C)SSCCOC(=O)C(C)(C)C)N(C)C)Cc2ccccc21. The molecule has 0 aromatic heterocycles. The molecule has 0 aliphatic heterocycles. The minimum Gasteiger partial charge on any atom is -0.464 e. The summed E-state index contributed by atoms with van der Waals surface area (Å²) < 4.78 is 17.8. The van der Waals surface area contributed by atoms with Crippen molar-refractivity contribution in [2.24, 2.45) is 15.6 Å². The van der Waals surface area contributed by atoms with E-state index in [2.05, 4.69) is 35.5 Å². The van der Waals surface area contributed by atoms with Crippen LogP contribution in [-0.4, -0.2) is 74.1 Å². The molecule has 0 fully saturated rings. The molecule has 2 aromatic carbocycles. The van der Waals surface area contributed by atoms with Gasteiger partial charge in [-0.2, -0.15) is 10.2 Å². The molecule has 1 N–H and O–H groups in total. The Balaban J connectivity index is 1.59. The zero-order valence-corrected chi connectivity index (χ0v) is 31.3. The molecule has 1 aliphatic carbocycles. The maximum Gasteiger partial charge on any atom is 0.407 e. The van der Waals surface area contributed by atoms with E-state index < -0.39 is 23.3 Å². The van der Waals surface area contributed by atoms with Gasteiger partial charge < -0.3 is 19.5 Å². The molecule has 0 heterocycles. The van der Waals surface area contributed by atoms with Crippen LogP contribution in [0.3, 0.4) is 0 Å². The largest absolute Gasteiger partial charge is 0.464 e. The van der Waals surface area contributed by atoms with E-state index in [0.717, 1.165) is 33.5 Å². The highest BCUT2D eigenvalue weighted by Crippen LogP contribution is 2.40. The van der Waals surface area contributed by atoms with E-state index in [1.54, 1.807) is 28.6 Å². The summed E-state index contributed by atoms with van der Waals surface area (Å²) in [5, 5.41) is 11.5. The van der Waals surface area contributed by atoms with Crippen LogP contribution in [0.25, 0.3) is 11.3 Å². The number of carbonyl (C=O) groups is 2. The van der Waals surface area contributed by atoms with Crippen LogP contribution in [0.5, 0.6) is 0 Å². The van der Waals surface area contributed by atoms with Crippen LogP contribution in [0.15, 0.2) is 58.8 Å². The first kappa shape index (κ1) is 38.6. The van der Waals surface area contributed by atoms with Crippen molar-refractivity contribution in [2.45, 2.75) is 77.9 Å². The smallest absolute Gasteiger partial charge is 0.407 e. The molecule has 11 heteroatoms. The van der Waals surface area contributed by atoms with Gasteiger partial charge in [-0.25, -0.2) is 4.79 Å². The van der Waals surface area contributed by atoms with Gasteiger partial charge >= 0.3 is 12.1 Å². The van der Waals surface area contributed by atoms with Crippen LogP contribution in [0.1, 0.15) is 83.2 Å². The summed E-state index contributed by atoms with van der Waals surface area (Å²) in [7, 11) is 9.00. The lowest BCUT2D eigenvalue weighted by Crippen LogP contribution is -2.48. The maximum atomic E-state index is 13.3. The standard InChI is InChI=1S/C36H52N4O5S2/c1-25-27-16-13-14-18-29(27)30(23-26-15-11-12-17-28(26)31(25)39-37-8)45-33(42)38-20-19-36(7,40(9)10)44-24-35(5,6)47-46-22-21-43-32(41)34(2,3)4/h11-18,30H,19-24H2,1-10H3,(H,38,42)/b31-25+,39-37?. The number of carbonyl (C=O) groups excluding carboxylic acids is 2. The van der Waals surface area contributed by atoms with Gasteiger partial charge in [0.15, 0.2) is 0 Å². The van der Waals surface area contributed by atoms with E-state index in [1.807, 2.05) is 96.1 Å². The number of fused-ring (bicyclic) bond motifs is 2.